The predicted molar refractivity (Wildman–Crippen MR) is 175 cm³/mol. The Bertz CT molecular complexity index is 1190. The highest BCUT2D eigenvalue weighted by atomic mass is 16.5. The summed E-state index contributed by atoms with van der Waals surface area (Å²) >= 11 is 0. The molecule has 0 radical (unpaired) electrons. The molecule has 0 spiro atoms. The molecule has 2 bridgehead atoms. The van der Waals surface area contributed by atoms with Gasteiger partial charge in [-0.05, 0) is 111 Å². The molecule has 3 saturated carbocycles. The summed E-state index contributed by atoms with van der Waals surface area (Å²) in [6.45, 7) is 14.2. The van der Waals surface area contributed by atoms with E-state index >= 15 is 0 Å². The number of hydrogen-bond acceptors (Lipinski definition) is 5. The minimum atomic E-state index is 0.786. The zero-order chi connectivity index (χ0) is 28.6. The van der Waals surface area contributed by atoms with Crippen LogP contribution in [0.3, 0.4) is 0 Å². The third-order valence-corrected chi connectivity index (χ3v) is 12.2. The number of benzene rings is 2. The van der Waals surface area contributed by atoms with Crippen LogP contribution in [0, 0.1) is 30.6 Å². The van der Waals surface area contributed by atoms with Crippen molar-refractivity contribution >= 4 is 11.4 Å². The fourth-order valence-electron chi connectivity index (χ4n) is 9.69. The Labute approximate surface area is 255 Å². The number of ether oxygens (including phenoxy) is 1. The number of anilines is 2. The van der Waals surface area contributed by atoms with Crippen molar-refractivity contribution in [2.75, 3.05) is 69.3 Å². The van der Waals surface area contributed by atoms with Crippen LogP contribution in [0.5, 0.6) is 5.75 Å². The number of para-hydroxylation sites is 2. The number of piperazine rings is 2. The van der Waals surface area contributed by atoms with Crippen molar-refractivity contribution in [1.82, 2.24) is 9.80 Å². The Morgan fingerprint density at radius 3 is 2.17 bits per heavy atom. The molecule has 5 heteroatoms. The first-order chi connectivity index (χ1) is 20.6. The van der Waals surface area contributed by atoms with Crippen LogP contribution in [-0.4, -0.2) is 81.4 Å². The van der Waals surface area contributed by atoms with Gasteiger partial charge in [-0.3, -0.25) is 9.80 Å². The van der Waals surface area contributed by atoms with Crippen LogP contribution >= 0.6 is 0 Å². The minimum absolute atomic E-state index is 0.786. The third-order valence-electron chi connectivity index (χ3n) is 12.2. The molecule has 4 unspecified atom stereocenters. The number of aryl methyl sites for hydroxylation is 1. The molecule has 0 amide bonds. The Kier molecular flexibility index (Phi) is 8.42. The molecule has 7 rings (SSSR count). The summed E-state index contributed by atoms with van der Waals surface area (Å²) in [5.74, 6) is 4.60. The van der Waals surface area contributed by atoms with E-state index < -0.39 is 0 Å². The normalized spacial score (nSPS) is 32.5. The molecule has 2 aromatic rings. The molecule has 2 aromatic carbocycles. The van der Waals surface area contributed by atoms with Crippen LogP contribution in [0.25, 0.3) is 0 Å². The molecule has 5 aliphatic rings. The van der Waals surface area contributed by atoms with E-state index in [0.717, 1.165) is 54.6 Å². The molecule has 3 aliphatic carbocycles. The quantitative estimate of drug-likeness (QED) is 0.379. The van der Waals surface area contributed by atoms with Gasteiger partial charge in [0.05, 0.1) is 12.8 Å². The maximum atomic E-state index is 5.66. The number of methoxy groups -OCH3 is 1. The van der Waals surface area contributed by atoms with E-state index in [-0.39, 0.29) is 0 Å². The smallest absolute Gasteiger partial charge is 0.142 e. The van der Waals surface area contributed by atoms with Crippen molar-refractivity contribution in [2.24, 2.45) is 23.7 Å². The first-order valence-corrected chi connectivity index (χ1v) is 17.3. The summed E-state index contributed by atoms with van der Waals surface area (Å²) in [6.07, 6.45) is 11.3. The van der Waals surface area contributed by atoms with Gasteiger partial charge in [-0.25, -0.2) is 0 Å². The van der Waals surface area contributed by atoms with E-state index in [4.69, 9.17) is 4.74 Å². The van der Waals surface area contributed by atoms with Gasteiger partial charge in [0.2, 0.25) is 0 Å². The lowest BCUT2D eigenvalue weighted by Gasteiger charge is -2.42. The van der Waals surface area contributed by atoms with Gasteiger partial charge in [0.25, 0.3) is 0 Å². The molecule has 0 aromatic heterocycles. The summed E-state index contributed by atoms with van der Waals surface area (Å²) in [6, 6.07) is 17.6. The summed E-state index contributed by atoms with van der Waals surface area (Å²) in [5, 5.41) is 0. The monoisotopic (exact) mass is 570 g/mol. The van der Waals surface area contributed by atoms with Crippen LogP contribution < -0.4 is 14.5 Å². The summed E-state index contributed by atoms with van der Waals surface area (Å²) in [4.78, 5) is 10.9. The van der Waals surface area contributed by atoms with Gasteiger partial charge in [0.1, 0.15) is 5.75 Å². The number of fused-ring (bicyclic) bond motifs is 2. The number of nitrogens with zero attached hydrogens (tertiary/aromatic N) is 4. The number of rotatable bonds is 7. The number of hydrogen-bond donors (Lipinski definition) is 0. The van der Waals surface area contributed by atoms with E-state index in [0.29, 0.717) is 0 Å². The van der Waals surface area contributed by atoms with E-state index in [2.05, 4.69) is 75.9 Å². The van der Waals surface area contributed by atoms with Crippen molar-refractivity contribution in [3.8, 4) is 5.75 Å². The lowest BCUT2D eigenvalue weighted by molar-refractivity contribution is 0.129. The van der Waals surface area contributed by atoms with Crippen molar-refractivity contribution in [3.63, 3.8) is 0 Å². The van der Waals surface area contributed by atoms with Gasteiger partial charge in [-0.15, -0.1) is 0 Å². The zero-order valence-electron chi connectivity index (χ0n) is 26.5. The minimum Gasteiger partial charge on any atom is -0.495 e. The van der Waals surface area contributed by atoms with Crippen LogP contribution in [0.15, 0.2) is 42.5 Å². The third kappa shape index (κ3) is 5.68. The Morgan fingerprint density at radius 1 is 0.738 bits per heavy atom. The molecular formula is C37H54N4O. The fourth-order valence-corrected chi connectivity index (χ4v) is 9.69. The van der Waals surface area contributed by atoms with Gasteiger partial charge in [-0.2, -0.15) is 0 Å². The highest BCUT2D eigenvalue weighted by Crippen LogP contribution is 2.52. The zero-order valence-corrected chi connectivity index (χ0v) is 26.5. The van der Waals surface area contributed by atoms with Crippen molar-refractivity contribution in [1.29, 1.82) is 0 Å². The van der Waals surface area contributed by atoms with Crippen molar-refractivity contribution < 1.29 is 4.74 Å². The Morgan fingerprint density at radius 2 is 1.43 bits per heavy atom. The van der Waals surface area contributed by atoms with Crippen molar-refractivity contribution in [3.05, 3.63) is 53.6 Å². The molecule has 2 saturated heterocycles. The molecule has 2 heterocycles. The van der Waals surface area contributed by atoms with Gasteiger partial charge in [-0.1, -0.05) is 31.2 Å². The molecule has 0 N–H and O–H groups in total. The van der Waals surface area contributed by atoms with E-state index in [1.807, 2.05) is 0 Å². The molecule has 228 valence electrons. The lowest BCUT2D eigenvalue weighted by Crippen LogP contribution is -2.52. The first-order valence-electron chi connectivity index (χ1n) is 17.3. The second-order valence-corrected chi connectivity index (χ2v) is 14.4. The molecule has 4 atom stereocenters. The molecule has 5 fully saturated rings. The topological polar surface area (TPSA) is 22.2 Å². The van der Waals surface area contributed by atoms with Gasteiger partial charge in [0.15, 0.2) is 0 Å². The lowest BCUT2D eigenvalue weighted by atomic mass is 9.86. The fraction of sp³-hybridized carbons (Fsp3) is 0.676. The summed E-state index contributed by atoms with van der Waals surface area (Å²) in [7, 11) is 1.79. The molecule has 2 aliphatic heterocycles. The van der Waals surface area contributed by atoms with E-state index in [1.165, 1.54) is 108 Å². The van der Waals surface area contributed by atoms with Crippen LogP contribution in [0.1, 0.15) is 63.0 Å². The van der Waals surface area contributed by atoms with Gasteiger partial charge >= 0.3 is 0 Å². The van der Waals surface area contributed by atoms with Gasteiger partial charge in [0, 0.05) is 70.1 Å². The van der Waals surface area contributed by atoms with E-state index in [1.54, 1.807) is 12.7 Å². The second kappa shape index (κ2) is 12.4. The standard InChI is InChI=1S/C37H54N4O/c1-27-8-13-31(14-9-27)38-16-18-40(19-17-38)35-25-29(11-10-28(35)2)24-33-30-12-15-32(33)36(26-30)41-22-20-39(21-23-41)34-6-4-5-7-37(34)42-3/h4-7,10-11,25,27,30-33,36H,8-9,12-24,26H2,1-3H3. The van der Waals surface area contributed by atoms with Crippen LogP contribution in [-0.2, 0) is 6.42 Å². The predicted octanol–water partition coefficient (Wildman–Crippen LogP) is 6.48. The molecular weight excluding hydrogens is 516 g/mol. The Hall–Kier alpha value is -2.24. The SMILES string of the molecule is COc1ccccc1N1CCN(C2CC3CCC2C3Cc2ccc(C)c(N3CCN(C4CCC(C)CC4)CC3)c2)CC1. The average Bonchev–Trinajstić information content (AvgIpc) is 3.59. The second-order valence-electron chi connectivity index (χ2n) is 14.4. The van der Waals surface area contributed by atoms with E-state index in [9.17, 15) is 0 Å². The first kappa shape index (κ1) is 28.5. The van der Waals surface area contributed by atoms with Crippen molar-refractivity contribution in [2.45, 2.75) is 77.3 Å². The summed E-state index contributed by atoms with van der Waals surface area (Å²) < 4.78 is 5.66. The highest BCUT2D eigenvalue weighted by molar-refractivity contribution is 5.59. The molecule has 42 heavy (non-hydrogen) atoms. The van der Waals surface area contributed by atoms with Crippen LogP contribution in [0.2, 0.25) is 0 Å². The highest BCUT2D eigenvalue weighted by Gasteiger charge is 2.49. The molecule has 5 nitrogen and oxygen atoms in total. The van der Waals surface area contributed by atoms with Crippen LogP contribution in [0.4, 0.5) is 11.4 Å². The van der Waals surface area contributed by atoms with Gasteiger partial charge < -0.3 is 14.5 Å². The average molecular weight is 571 g/mol. The Balaban J connectivity index is 0.956. The maximum Gasteiger partial charge on any atom is 0.142 e. The largest absolute Gasteiger partial charge is 0.495 e. The summed E-state index contributed by atoms with van der Waals surface area (Å²) in [5.41, 5.74) is 5.81. The maximum absolute atomic E-state index is 5.66.